The standard InChI is InChI=1S/C18H13BrN4O2S/c1-11-20-15-5-3-2-4-14(15)17(25)23(11)21-18-22(16(24)10-26-18)13-8-6-12(19)7-9-13/h2-9H,10H2,1H3/b21-18-. The number of rotatable bonds is 2. The van der Waals surface area contributed by atoms with Gasteiger partial charge in [0.05, 0.1) is 22.3 Å². The molecule has 8 heteroatoms. The molecule has 0 radical (unpaired) electrons. The first kappa shape index (κ1) is 17.0. The van der Waals surface area contributed by atoms with E-state index in [1.54, 1.807) is 25.1 Å². The number of carbonyl (C=O) groups is 1. The molecule has 1 aliphatic heterocycles. The molecule has 1 aliphatic rings. The number of para-hydroxylation sites is 1. The Morgan fingerprint density at radius 3 is 2.62 bits per heavy atom. The van der Waals surface area contributed by atoms with E-state index >= 15 is 0 Å². The largest absolute Gasteiger partial charge is 0.282 e. The first-order chi connectivity index (χ1) is 12.5. The number of amidine groups is 1. The normalized spacial score (nSPS) is 16.0. The van der Waals surface area contributed by atoms with E-state index < -0.39 is 0 Å². The van der Waals surface area contributed by atoms with Gasteiger partial charge < -0.3 is 0 Å². The van der Waals surface area contributed by atoms with Gasteiger partial charge in [-0.05, 0) is 43.3 Å². The maximum absolute atomic E-state index is 12.8. The maximum Gasteiger partial charge on any atom is 0.282 e. The summed E-state index contributed by atoms with van der Waals surface area (Å²) < 4.78 is 2.18. The van der Waals surface area contributed by atoms with E-state index in [1.165, 1.54) is 21.3 Å². The molecule has 0 bridgehead atoms. The molecule has 1 aromatic heterocycles. The minimum absolute atomic E-state index is 0.0736. The molecule has 1 saturated heterocycles. The molecular formula is C18H13BrN4O2S. The van der Waals surface area contributed by atoms with Crippen molar-refractivity contribution >= 4 is 55.4 Å². The van der Waals surface area contributed by atoms with Crippen molar-refractivity contribution in [1.82, 2.24) is 9.66 Å². The molecule has 130 valence electrons. The van der Waals surface area contributed by atoms with Crippen molar-refractivity contribution < 1.29 is 4.79 Å². The van der Waals surface area contributed by atoms with Gasteiger partial charge >= 0.3 is 0 Å². The zero-order chi connectivity index (χ0) is 18.3. The lowest BCUT2D eigenvalue weighted by Crippen LogP contribution is -2.31. The minimum atomic E-state index is -0.253. The van der Waals surface area contributed by atoms with E-state index in [0.717, 1.165) is 4.47 Å². The van der Waals surface area contributed by atoms with Crippen LogP contribution in [-0.2, 0) is 4.79 Å². The first-order valence-corrected chi connectivity index (χ1v) is 9.61. The molecule has 1 amide bonds. The van der Waals surface area contributed by atoms with Crippen LogP contribution in [0.2, 0.25) is 0 Å². The van der Waals surface area contributed by atoms with Crippen molar-refractivity contribution in [3.63, 3.8) is 0 Å². The van der Waals surface area contributed by atoms with Gasteiger partial charge in [-0.25, -0.2) is 4.98 Å². The maximum atomic E-state index is 12.8. The molecule has 0 saturated carbocycles. The lowest BCUT2D eigenvalue weighted by Gasteiger charge is -2.16. The molecule has 0 atom stereocenters. The molecule has 0 aliphatic carbocycles. The minimum Gasteiger partial charge on any atom is -0.273 e. The van der Waals surface area contributed by atoms with Crippen LogP contribution in [0.5, 0.6) is 0 Å². The van der Waals surface area contributed by atoms with Gasteiger partial charge in [-0.1, -0.05) is 39.8 Å². The number of amides is 1. The highest BCUT2D eigenvalue weighted by molar-refractivity contribution is 9.10. The smallest absolute Gasteiger partial charge is 0.273 e. The zero-order valence-electron chi connectivity index (χ0n) is 13.7. The highest BCUT2D eigenvalue weighted by Crippen LogP contribution is 2.28. The van der Waals surface area contributed by atoms with Crippen LogP contribution in [0.3, 0.4) is 0 Å². The molecule has 4 rings (SSSR count). The third-order valence-electron chi connectivity index (χ3n) is 3.95. The van der Waals surface area contributed by atoms with Crippen molar-refractivity contribution in [3.05, 3.63) is 69.2 Å². The van der Waals surface area contributed by atoms with E-state index in [4.69, 9.17) is 0 Å². The number of carbonyl (C=O) groups excluding carboxylic acids is 1. The number of benzene rings is 2. The Morgan fingerprint density at radius 1 is 1.12 bits per heavy atom. The Bertz CT molecular complexity index is 1110. The highest BCUT2D eigenvalue weighted by atomic mass is 79.9. The van der Waals surface area contributed by atoms with Crippen LogP contribution in [0.4, 0.5) is 5.69 Å². The van der Waals surface area contributed by atoms with Crippen molar-refractivity contribution in [2.24, 2.45) is 5.10 Å². The number of hydrogen-bond acceptors (Lipinski definition) is 5. The molecule has 0 unspecified atom stereocenters. The molecule has 1 fully saturated rings. The van der Waals surface area contributed by atoms with Crippen LogP contribution < -0.4 is 10.5 Å². The van der Waals surface area contributed by atoms with Gasteiger partial charge in [-0.2, -0.15) is 4.68 Å². The molecule has 0 N–H and O–H groups in total. The summed E-state index contributed by atoms with van der Waals surface area (Å²) >= 11 is 4.69. The lowest BCUT2D eigenvalue weighted by atomic mass is 10.2. The summed E-state index contributed by atoms with van der Waals surface area (Å²) in [6, 6.07) is 14.5. The second-order valence-electron chi connectivity index (χ2n) is 5.67. The quantitative estimate of drug-likeness (QED) is 0.627. The second kappa shape index (κ2) is 6.69. The molecule has 2 aromatic carbocycles. The van der Waals surface area contributed by atoms with Crippen molar-refractivity contribution in [2.45, 2.75) is 6.92 Å². The van der Waals surface area contributed by atoms with Crippen LogP contribution in [0.1, 0.15) is 5.82 Å². The highest BCUT2D eigenvalue weighted by Gasteiger charge is 2.30. The van der Waals surface area contributed by atoms with Crippen LogP contribution in [-0.4, -0.2) is 26.5 Å². The first-order valence-electron chi connectivity index (χ1n) is 7.83. The number of aryl methyl sites for hydroxylation is 1. The summed E-state index contributed by atoms with van der Waals surface area (Å²) in [5, 5.41) is 5.40. The summed E-state index contributed by atoms with van der Waals surface area (Å²) in [5.74, 6) is 0.677. The fourth-order valence-electron chi connectivity index (χ4n) is 2.72. The van der Waals surface area contributed by atoms with E-state index in [-0.39, 0.29) is 17.2 Å². The fraction of sp³-hybridized carbons (Fsp3) is 0.111. The topological polar surface area (TPSA) is 67.6 Å². The molecule has 3 aromatic rings. The van der Waals surface area contributed by atoms with E-state index in [9.17, 15) is 9.59 Å². The molecule has 26 heavy (non-hydrogen) atoms. The summed E-state index contributed by atoms with van der Waals surface area (Å²) in [5.41, 5.74) is 1.09. The third kappa shape index (κ3) is 2.95. The van der Waals surface area contributed by atoms with Crippen molar-refractivity contribution in [3.8, 4) is 0 Å². The number of halogens is 1. The Labute approximate surface area is 161 Å². The number of nitrogens with zero attached hydrogens (tertiary/aromatic N) is 4. The lowest BCUT2D eigenvalue weighted by molar-refractivity contribution is -0.115. The second-order valence-corrected chi connectivity index (χ2v) is 7.53. The Morgan fingerprint density at radius 2 is 1.85 bits per heavy atom. The molecule has 0 spiro atoms. The van der Waals surface area contributed by atoms with Gasteiger partial charge in [-0.3, -0.25) is 14.5 Å². The van der Waals surface area contributed by atoms with Crippen molar-refractivity contribution in [1.29, 1.82) is 0 Å². The van der Waals surface area contributed by atoms with Gasteiger partial charge in [0, 0.05) is 4.47 Å². The molecular weight excluding hydrogens is 416 g/mol. The van der Waals surface area contributed by atoms with Gasteiger partial charge in [0.15, 0.2) is 5.17 Å². The summed E-state index contributed by atoms with van der Waals surface area (Å²) in [7, 11) is 0. The Hall–Kier alpha value is -2.45. The van der Waals surface area contributed by atoms with Gasteiger partial charge in [0.2, 0.25) is 5.91 Å². The summed E-state index contributed by atoms with van der Waals surface area (Å²) in [6.07, 6.45) is 0. The molecule has 6 nitrogen and oxygen atoms in total. The van der Waals surface area contributed by atoms with E-state index in [1.807, 2.05) is 30.3 Å². The number of aromatic nitrogens is 2. The Balaban J connectivity index is 1.85. The molecule has 2 heterocycles. The summed E-state index contributed by atoms with van der Waals surface area (Å²) in [4.78, 5) is 31.1. The van der Waals surface area contributed by atoms with Crippen LogP contribution >= 0.6 is 27.7 Å². The zero-order valence-corrected chi connectivity index (χ0v) is 16.1. The SMILES string of the molecule is Cc1nc2ccccc2c(=O)n1/N=C1\SCC(=O)N1c1ccc(Br)cc1. The van der Waals surface area contributed by atoms with Crippen LogP contribution in [0, 0.1) is 6.92 Å². The Kier molecular flexibility index (Phi) is 4.37. The average molecular weight is 429 g/mol. The van der Waals surface area contributed by atoms with E-state index in [0.29, 0.717) is 27.6 Å². The number of anilines is 1. The predicted octanol–water partition coefficient (Wildman–Crippen LogP) is 3.37. The van der Waals surface area contributed by atoms with Gasteiger partial charge in [0.25, 0.3) is 5.56 Å². The number of fused-ring (bicyclic) bond motifs is 1. The van der Waals surface area contributed by atoms with Gasteiger partial charge in [0.1, 0.15) is 5.82 Å². The van der Waals surface area contributed by atoms with Gasteiger partial charge in [-0.15, -0.1) is 5.10 Å². The fourth-order valence-corrected chi connectivity index (χ4v) is 3.84. The van der Waals surface area contributed by atoms with Crippen molar-refractivity contribution in [2.75, 3.05) is 10.7 Å². The average Bonchev–Trinajstić information content (AvgIpc) is 3.00. The number of hydrogen-bond donors (Lipinski definition) is 0. The van der Waals surface area contributed by atoms with E-state index in [2.05, 4.69) is 26.0 Å². The summed E-state index contributed by atoms with van der Waals surface area (Å²) in [6.45, 7) is 1.73. The monoisotopic (exact) mass is 428 g/mol. The predicted molar refractivity (Wildman–Crippen MR) is 108 cm³/mol. The number of thioether (sulfide) groups is 1. The van der Waals surface area contributed by atoms with Crippen LogP contribution in [0.25, 0.3) is 10.9 Å². The van der Waals surface area contributed by atoms with Crippen LogP contribution in [0.15, 0.2) is 62.9 Å². The third-order valence-corrected chi connectivity index (χ3v) is 5.39.